The van der Waals surface area contributed by atoms with Gasteiger partial charge in [0.2, 0.25) is 0 Å². The van der Waals surface area contributed by atoms with Crippen LogP contribution in [0.1, 0.15) is 39.2 Å². The van der Waals surface area contributed by atoms with E-state index < -0.39 is 11.4 Å². The molecule has 1 aromatic carbocycles. The molecule has 1 atom stereocenters. The lowest BCUT2D eigenvalue weighted by atomic mass is 9.75. The first-order chi connectivity index (χ1) is 8.53. The highest BCUT2D eigenvalue weighted by molar-refractivity contribution is 5.81. The molecule has 100 valence electrons. The third kappa shape index (κ3) is 3.33. The molecule has 18 heavy (non-hydrogen) atoms. The van der Waals surface area contributed by atoms with Gasteiger partial charge in [0.25, 0.3) is 0 Å². The van der Waals surface area contributed by atoms with E-state index >= 15 is 0 Å². The fraction of sp³-hybridized carbons (Fsp3) is 0.533. The minimum atomic E-state index is -0.837. The Morgan fingerprint density at radius 3 is 2.39 bits per heavy atom. The monoisotopic (exact) mass is 250 g/mol. The predicted octanol–water partition coefficient (Wildman–Crippen LogP) is 3.23. The zero-order valence-corrected chi connectivity index (χ0v) is 11.3. The molecule has 1 N–H and O–H groups in total. The van der Waals surface area contributed by atoms with Gasteiger partial charge >= 0.3 is 5.97 Å². The van der Waals surface area contributed by atoms with Gasteiger partial charge in [0.05, 0.1) is 11.5 Å². The van der Waals surface area contributed by atoms with Gasteiger partial charge in [-0.15, -0.1) is 0 Å². The van der Waals surface area contributed by atoms with E-state index in [2.05, 4.69) is 0 Å². The number of hydrogen-bond donors (Lipinski definition) is 1. The maximum absolute atomic E-state index is 11.7. The molecule has 0 aromatic heterocycles. The number of benzene rings is 1. The Hall–Kier alpha value is -1.35. The largest absolute Gasteiger partial charge is 0.481 e. The standard InChI is InChI=1S/C15H22O3/c1-4-15(14(16)17,10-11-18-12(2)3)13-8-6-5-7-9-13/h5-9,12H,4,10-11H2,1-3H3,(H,16,17). The molecule has 0 saturated carbocycles. The summed E-state index contributed by atoms with van der Waals surface area (Å²) < 4.78 is 5.51. The second-order valence-corrected chi connectivity index (χ2v) is 4.78. The molecule has 0 bridgehead atoms. The minimum absolute atomic E-state index is 0.129. The molecule has 1 rings (SSSR count). The van der Waals surface area contributed by atoms with Gasteiger partial charge in [0, 0.05) is 6.61 Å². The van der Waals surface area contributed by atoms with E-state index in [1.165, 1.54) is 0 Å². The summed E-state index contributed by atoms with van der Waals surface area (Å²) >= 11 is 0. The first-order valence-corrected chi connectivity index (χ1v) is 6.43. The molecule has 1 unspecified atom stereocenters. The van der Waals surface area contributed by atoms with E-state index in [-0.39, 0.29) is 6.10 Å². The Balaban J connectivity index is 2.92. The van der Waals surface area contributed by atoms with Crippen LogP contribution in [-0.2, 0) is 14.9 Å². The van der Waals surface area contributed by atoms with Crippen molar-refractivity contribution in [1.29, 1.82) is 0 Å². The fourth-order valence-corrected chi connectivity index (χ4v) is 2.13. The van der Waals surface area contributed by atoms with Crippen LogP contribution in [0, 0.1) is 0 Å². The van der Waals surface area contributed by atoms with Crippen molar-refractivity contribution in [1.82, 2.24) is 0 Å². The van der Waals surface area contributed by atoms with Gasteiger partial charge in [-0.1, -0.05) is 37.3 Å². The van der Waals surface area contributed by atoms with Crippen molar-refractivity contribution in [2.45, 2.75) is 45.1 Å². The molecule has 0 aliphatic rings. The van der Waals surface area contributed by atoms with Gasteiger partial charge < -0.3 is 9.84 Å². The number of hydrogen-bond acceptors (Lipinski definition) is 2. The van der Waals surface area contributed by atoms with Crippen LogP contribution in [0.25, 0.3) is 0 Å². The number of carbonyl (C=O) groups is 1. The fourth-order valence-electron chi connectivity index (χ4n) is 2.13. The van der Waals surface area contributed by atoms with Crippen LogP contribution in [-0.4, -0.2) is 23.8 Å². The van der Waals surface area contributed by atoms with Gasteiger partial charge in [-0.25, -0.2) is 0 Å². The van der Waals surface area contributed by atoms with Crippen LogP contribution >= 0.6 is 0 Å². The quantitative estimate of drug-likeness (QED) is 0.808. The Kier molecular flexibility index (Phi) is 5.35. The van der Waals surface area contributed by atoms with Crippen LogP contribution in [0.4, 0.5) is 0 Å². The van der Waals surface area contributed by atoms with Gasteiger partial charge in [-0.05, 0) is 32.3 Å². The molecule has 0 aliphatic heterocycles. The van der Waals surface area contributed by atoms with Crippen LogP contribution < -0.4 is 0 Å². The highest BCUT2D eigenvalue weighted by Crippen LogP contribution is 2.32. The van der Waals surface area contributed by atoms with Crippen molar-refractivity contribution in [2.75, 3.05) is 6.61 Å². The van der Waals surface area contributed by atoms with Crippen LogP contribution in [0.15, 0.2) is 30.3 Å². The molecule has 0 saturated heterocycles. The molecule has 0 radical (unpaired) electrons. The van der Waals surface area contributed by atoms with Gasteiger partial charge in [0.15, 0.2) is 0 Å². The summed E-state index contributed by atoms with van der Waals surface area (Å²) in [4.78, 5) is 11.7. The van der Waals surface area contributed by atoms with Crippen molar-refractivity contribution in [2.24, 2.45) is 0 Å². The molecule has 1 aromatic rings. The number of carboxylic acids is 1. The van der Waals surface area contributed by atoms with Crippen LogP contribution in [0.2, 0.25) is 0 Å². The Labute approximate surface area is 109 Å². The van der Waals surface area contributed by atoms with E-state index in [9.17, 15) is 9.90 Å². The zero-order valence-electron chi connectivity index (χ0n) is 11.3. The van der Waals surface area contributed by atoms with Crippen molar-refractivity contribution >= 4 is 5.97 Å². The smallest absolute Gasteiger partial charge is 0.314 e. The third-order valence-corrected chi connectivity index (χ3v) is 3.32. The summed E-state index contributed by atoms with van der Waals surface area (Å²) in [5.74, 6) is -0.774. The Morgan fingerprint density at radius 1 is 1.33 bits per heavy atom. The molecule has 0 aliphatic carbocycles. The van der Waals surface area contributed by atoms with Crippen LogP contribution in [0.3, 0.4) is 0 Å². The SMILES string of the molecule is CCC(CCOC(C)C)(C(=O)O)c1ccccc1. The van der Waals surface area contributed by atoms with E-state index in [0.29, 0.717) is 19.4 Å². The van der Waals surface area contributed by atoms with Crippen molar-refractivity contribution in [3.05, 3.63) is 35.9 Å². The predicted molar refractivity (Wildman–Crippen MR) is 71.8 cm³/mol. The number of aliphatic carboxylic acids is 1. The van der Waals surface area contributed by atoms with E-state index in [1.807, 2.05) is 51.1 Å². The summed E-state index contributed by atoms with van der Waals surface area (Å²) in [7, 11) is 0. The lowest BCUT2D eigenvalue weighted by Crippen LogP contribution is -2.36. The second kappa shape index (κ2) is 6.55. The normalized spacial score (nSPS) is 14.4. The van der Waals surface area contributed by atoms with Crippen molar-refractivity contribution < 1.29 is 14.6 Å². The average molecular weight is 250 g/mol. The second-order valence-electron chi connectivity index (χ2n) is 4.78. The third-order valence-electron chi connectivity index (χ3n) is 3.32. The molecule has 0 amide bonds. The van der Waals surface area contributed by atoms with Crippen molar-refractivity contribution in [3.8, 4) is 0 Å². The lowest BCUT2D eigenvalue weighted by molar-refractivity contribution is -0.145. The summed E-state index contributed by atoms with van der Waals surface area (Å²) in [6.07, 6.45) is 1.19. The molecular weight excluding hydrogens is 228 g/mol. The maximum Gasteiger partial charge on any atom is 0.314 e. The average Bonchev–Trinajstić information content (AvgIpc) is 2.35. The number of ether oxygens (including phenoxy) is 1. The number of carboxylic acid groups (broad SMARTS) is 1. The molecule has 3 heteroatoms. The molecule has 0 heterocycles. The van der Waals surface area contributed by atoms with E-state index in [0.717, 1.165) is 5.56 Å². The molecule has 0 spiro atoms. The van der Waals surface area contributed by atoms with E-state index in [1.54, 1.807) is 0 Å². The zero-order chi connectivity index (χ0) is 13.6. The van der Waals surface area contributed by atoms with Gasteiger partial charge in [-0.3, -0.25) is 4.79 Å². The topological polar surface area (TPSA) is 46.5 Å². The summed E-state index contributed by atoms with van der Waals surface area (Å²) in [6, 6.07) is 9.42. The maximum atomic E-state index is 11.7. The minimum Gasteiger partial charge on any atom is -0.481 e. The summed E-state index contributed by atoms with van der Waals surface area (Å²) in [5, 5.41) is 9.59. The van der Waals surface area contributed by atoms with E-state index in [4.69, 9.17) is 4.74 Å². The van der Waals surface area contributed by atoms with Crippen LogP contribution in [0.5, 0.6) is 0 Å². The van der Waals surface area contributed by atoms with Crippen molar-refractivity contribution in [3.63, 3.8) is 0 Å². The highest BCUT2D eigenvalue weighted by atomic mass is 16.5. The lowest BCUT2D eigenvalue weighted by Gasteiger charge is -2.29. The Morgan fingerprint density at radius 2 is 1.94 bits per heavy atom. The first kappa shape index (κ1) is 14.7. The highest BCUT2D eigenvalue weighted by Gasteiger charge is 2.38. The van der Waals surface area contributed by atoms with Gasteiger partial charge in [-0.2, -0.15) is 0 Å². The first-order valence-electron chi connectivity index (χ1n) is 6.43. The molecule has 3 nitrogen and oxygen atoms in total. The van der Waals surface area contributed by atoms with Gasteiger partial charge in [0.1, 0.15) is 0 Å². The summed E-state index contributed by atoms with van der Waals surface area (Å²) in [6.45, 7) is 6.29. The molecule has 0 fully saturated rings. The molecular formula is C15H22O3. The Bertz CT molecular complexity index is 373. The summed E-state index contributed by atoms with van der Waals surface area (Å²) in [5.41, 5.74) is 0.0169. The number of rotatable bonds is 7.